The van der Waals surface area contributed by atoms with Gasteiger partial charge >= 0.3 is 0 Å². The van der Waals surface area contributed by atoms with Gasteiger partial charge in [-0.15, -0.1) is 11.3 Å². The fourth-order valence-corrected chi connectivity index (χ4v) is 2.28. The third-order valence-corrected chi connectivity index (χ3v) is 3.77. The highest BCUT2D eigenvalue weighted by Crippen LogP contribution is 2.16. The molecule has 2 N–H and O–H groups in total. The Kier molecular flexibility index (Phi) is 5.28. The van der Waals surface area contributed by atoms with Gasteiger partial charge in [-0.1, -0.05) is 13.8 Å². The minimum atomic E-state index is -0.849. The molecule has 0 bridgehead atoms. The van der Waals surface area contributed by atoms with Crippen molar-refractivity contribution in [3.63, 3.8) is 0 Å². The van der Waals surface area contributed by atoms with Gasteiger partial charge in [-0.2, -0.15) is 0 Å². The zero-order valence-electron chi connectivity index (χ0n) is 11.5. The van der Waals surface area contributed by atoms with Crippen LogP contribution in [0.1, 0.15) is 49.0 Å². The van der Waals surface area contributed by atoms with Gasteiger partial charge in [0.15, 0.2) is 0 Å². The lowest BCUT2D eigenvalue weighted by atomic mass is 9.95. The minimum absolute atomic E-state index is 0.153. The van der Waals surface area contributed by atoms with Crippen LogP contribution in [-0.4, -0.2) is 28.1 Å². The van der Waals surface area contributed by atoms with Gasteiger partial charge in [0.05, 0.1) is 16.8 Å². The fourth-order valence-electron chi connectivity index (χ4n) is 1.56. The molecule has 102 valence electrons. The maximum Gasteiger partial charge on any atom is 0.263 e. The minimum Gasteiger partial charge on any atom is -0.388 e. The van der Waals surface area contributed by atoms with Crippen molar-refractivity contribution in [2.24, 2.45) is 5.92 Å². The van der Waals surface area contributed by atoms with Crippen molar-refractivity contribution in [3.05, 3.63) is 16.1 Å². The van der Waals surface area contributed by atoms with Crippen LogP contribution in [-0.2, 0) is 0 Å². The van der Waals surface area contributed by atoms with Crippen LogP contribution in [0.3, 0.4) is 0 Å². The number of nitrogens with one attached hydrogen (secondary N) is 1. The Balaban J connectivity index is 2.45. The van der Waals surface area contributed by atoms with Crippen molar-refractivity contribution in [1.29, 1.82) is 0 Å². The van der Waals surface area contributed by atoms with Crippen molar-refractivity contribution < 1.29 is 9.90 Å². The van der Waals surface area contributed by atoms with Gasteiger partial charge in [-0.3, -0.25) is 4.79 Å². The molecule has 1 amide bonds. The first-order valence-corrected chi connectivity index (χ1v) is 7.10. The second-order valence-electron chi connectivity index (χ2n) is 5.38. The third-order valence-electron chi connectivity index (χ3n) is 2.84. The predicted octanol–water partition coefficient (Wildman–Crippen LogP) is 2.37. The Morgan fingerprint density at radius 3 is 2.78 bits per heavy atom. The summed E-state index contributed by atoms with van der Waals surface area (Å²) in [6.45, 7) is 8.08. The molecule has 0 aromatic carbocycles. The number of aromatic nitrogens is 1. The summed E-state index contributed by atoms with van der Waals surface area (Å²) in [4.78, 5) is 16.5. The normalized spacial score (nSPS) is 14.6. The Labute approximate surface area is 112 Å². The van der Waals surface area contributed by atoms with Crippen LogP contribution in [0.15, 0.2) is 5.51 Å². The van der Waals surface area contributed by atoms with Gasteiger partial charge in [0, 0.05) is 6.54 Å². The predicted molar refractivity (Wildman–Crippen MR) is 73.9 cm³/mol. The molecular weight excluding hydrogens is 248 g/mol. The second kappa shape index (κ2) is 6.29. The molecule has 1 unspecified atom stereocenters. The SMILES string of the molecule is Cc1ncsc1C(=O)NCC(C)(O)CCC(C)C. The molecule has 0 aliphatic heterocycles. The van der Waals surface area contributed by atoms with Crippen LogP contribution < -0.4 is 5.32 Å². The second-order valence-corrected chi connectivity index (χ2v) is 6.23. The Morgan fingerprint density at radius 1 is 1.61 bits per heavy atom. The van der Waals surface area contributed by atoms with E-state index >= 15 is 0 Å². The molecule has 0 aliphatic carbocycles. The summed E-state index contributed by atoms with van der Waals surface area (Å²) in [6, 6.07) is 0. The molecule has 18 heavy (non-hydrogen) atoms. The van der Waals surface area contributed by atoms with E-state index in [1.54, 1.807) is 12.4 Å². The number of nitrogens with zero attached hydrogens (tertiary/aromatic N) is 1. The Hall–Kier alpha value is -0.940. The number of carbonyl (C=O) groups excluding carboxylic acids is 1. The van der Waals surface area contributed by atoms with Crippen LogP contribution in [0, 0.1) is 12.8 Å². The summed E-state index contributed by atoms with van der Waals surface area (Å²) in [7, 11) is 0. The molecule has 0 aliphatic rings. The molecule has 0 fully saturated rings. The molecule has 1 rings (SSSR count). The summed E-state index contributed by atoms with van der Waals surface area (Å²) in [5.41, 5.74) is 1.54. The van der Waals surface area contributed by atoms with E-state index < -0.39 is 5.60 Å². The first-order chi connectivity index (χ1) is 8.32. The summed E-state index contributed by atoms with van der Waals surface area (Å²) in [5.74, 6) is 0.399. The molecule has 0 spiro atoms. The van der Waals surface area contributed by atoms with Gasteiger partial charge in [-0.05, 0) is 32.6 Å². The lowest BCUT2D eigenvalue weighted by Gasteiger charge is -2.24. The number of aliphatic hydroxyl groups is 1. The summed E-state index contributed by atoms with van der Waals surface area (Å²) >= 11 is 1.32. The van der Waals surface area contributed by atoms with E-state index in [-0.39, 0.29) is 12.5 Å². The van der Waals surface area contributed by atoms with E-state index in [1.807, 2.05) is 6.92 Å². The number of rotatable bonds is 6. The molecule has 5 heteroatoms. The highest BCUT2D eigenvalue weighted by atomic mass is 32.1. The number of aryl methyl sites for hydroxylation is 1. The Morgan fingerprint density at radius 2 is 2.28 bits per heavy atom. The Bertz CT molecular complexity index is 399. The van der Waals surface area contributed by atoms with Crippen LogP contribution in [0.4, 0.5) is 0 Å². The molecular formula is C13H22N2O2S. The average molecular weight is 270 g/mol. The lowest BCUT2D eigenvalue weighted by molar-refractivity contribution is 0.0430. The summed E-state index contributed by atoms with van der Waals surface area (Å²) in [6.07, 6.45) is 1.63. The van der Waals surface area contributed by atoms with Crippen LogP contribution in [0.2, 0.25) is 0 Å². The zero-order valence-corrected chi connectivity index (χ0v) is 12.3. The van der Waals surface area contributed by atoms with Gasteiger partial charge < -0.3 is 10.4 Å². The van der Waals surface area contributed by atoms with Crippen LogP contribution in [0.5, 0.6) is 0 Å². The first-order valence-electron chi connectivity index (χ1n) is 6.22. The molecule has 1 atom stereocenters. The third kappa shape index (κ3) is 4.74. The number of hydrogen-bond acceptors (Lipinski definition) is 4. The standard InChI is InChI=1S/C13H22N2O2S/c1-9(2)5-6-13(4,17)7-14-12(16)11-10(3)15-8-18-11/h8-9,17H,5-7H2,1-4H3,(H,14,16). The average Bonchev–Trinajstić information content (AvgIpc) is 2.70. The number of amides is 1. The summed E-state index contributed by atoms with van der Waals surface area (Å²) in [5, 5.41) is 12.9. The number of carbonyl (C=O) groups is 1. The van der Waals surface area contributed by atoms with Gasteiger partial charge in [-0.25, -0.2) is 4.98 Å². The first kappa shape index (κ1) is 15.1. The van der Waals surface area contributed by atoms with E-state index in [2.05, 4.69) is 24.1 Å². The molecule has 0 saturated carbocycles. The topological polar surface area (TPSA) is 62.2 Å². The van der Waals surface area contributed by atoms with Crippen molar-refractivity contribution in [3.8, 4) is 0 Å². The highest BCUT2D eigenvalue weighted by Gasteiger charge is 2.22. The van der Waals surface area contributed by atoms with Crippen molar-refractivity contribution >= 4 is 17.2 Å². The largest absolute Gasteiger partial charge is 0.388 e. The number of thiazole rings is 1. The van der Waals surface area contributed by atoms with Crippen molar-refractivity contribution in [2.75, 3.05) is 6.54 Å². The van der Waals surface area contributed by atoms with E-state index in [4.69, 9.17) is 0 Å². The van der Waals surface area contributed by atoms with Crippen molar-refractivity contribution in [2.45, 2.75) is 46.1 Å². The molecule has 1 aromatic rings. The smallest absolute Gasteiger partial charge is 0.263 e. The highest BCUT2D eigenvalue weighted by molar-refractivity contribution is 7.11. The van der Waals surface area contributed by atoms with E-state index in [1.165, 1.54) is 11.3 Å². The maximum atomic E-state index is 11.9. The van der Waals surface area contributed by atoms with Gasteiger partial charge in [0.25, 0.3) is 5.91 Å². The van der Waals surface area contributed by atoms with E-state index in [9.17, 15) is 9.90 Å². The molecule has 0 radical (unpaired) electrons. The van der Waals surface area contributed by atoms with Crippen molar-refractivity contribution in [1.82, 2.24) is 10.3 Å². The van der Waals surface area contributed by atoms with E-state index in [0.29, 0.717) is 17.2 Å². The molecule has 4 nitrogen and oxygen atoms in total. The van der Waals surface area contributed by atoms with Gasteiger partial charge in [0.1, 0.15) is 4.88 Å². The quantitative estimate of drug-likeness (QED) is 0.834. The lowest BCUT2D eigenvalue weighted by Crippen LogP contribution is -2.40. The molecule has 0 saturated heterocycles. The fraction of sp³-hybridized carbons (Fsp3) is 0.692. The molecule has 1 aromatic heterocycles. The molecule has 1 heterocycles. The maximum absolute atomic E-state index is 11.9. The van der Waals surface area contributed by atoms with Crippen LogP contribution >= 0.6 is 11.3 Å². The van der Waals surface area contributed by atoms with E-state index in [0.717, 1.165) is 12.1 Å². The zero-order chi connectivity index (χ0) is 13.8. The monoisotopic (exact) mass is 270 g/mol. The van der Waals surface area contributed by atoms with Crippen LogP contribution in [0.25, 0.3) is 0 Å². The number of hydrogen-bond donors (Lipinski definition) is 2. The summed E-state index contributed by atoms with van der Waals surface area (Å²) < 4.78 is 0. The van der Waals surface area contributed by atoms with Gasteiger partial charge in [0.2, 0.25) is 0 Å².